The van der Waals surface area contributed by atoms with Crippen molar-refractivity contribution in [1.29, 1.82) is 0 Å². The molecule has 0 rings (SSSR count). The van der Waals surface area contributed by atoms with Crippen molar-refractivity contribution in [2.45, 2.75) is 25.3 Å². The summed E-state index contributed by atoms with van der Waals surface area (Å²) in [4.78, 5) is 11.5. The van der Waals surface area contributed by atoms with Crippen LogP contribution in [0.15, 0.2) is 0 Å². The molecule has 0 aliphatic rings. The van der Waals surface area contributed by atoms with Crippen LogP contribution in [0.25, 0.3) is 0 Å². The van der Waals surface area contributed by atoms with E-state index < -0.39 is 16.1 Å². The molecule has 4 N–H and O–H groups in total. The molecular weight excluding hydrogens is 258 g/mol. The first-order valence-electron chi connectivity index (χ1n) is 5.83. The van der Waals surface area contributed by atoms with Crippen molar-refractivity contribution >= 4 is 15.9 Å². The quantitative estimate of drug-likeness (QED) is 0.435. The zero-order chi connectivity index (χ0) is 14.0. The average molecular weight is 281 g/mol. The van der Waals surface area contributed by atoms with Gasteiger partial charge in [0.25, 0.3) is 0 Å². The molecule has 0 spiro atoms. The molecule has 0 bridgehead atoms. The number of hydrogen-bond acceptors (Lipinski definition) is 5. The first-order valence-corrected chi connectivity index (χ1v) is 7.73. The van der Waals surface area contributed by atoms with E-state index in [9.17, 15) is 13.2 Å². The third-order valence-corrected chi connectivity index (χ3v) is 2.95. The minimum absolute atomic E-state index is 0.217. The molecule has 0 heterocycles. The number of carbonyl (C=O) groups excluding carboxylic acids is 1. The van der Waals surface area contributed by atoms with Gasteiger partial charge in [0, 0.05) is 26.8 Å². The van der Waals surface area contributed by atoms with Crippen molar-refractivity contribution in [3.8, 4) is 0 Å². The summed E-state index contributed by atoms with van der Waals surface area (Å²) in [5, 5.41) is 2.66. The molecule has 0 radical (unpaired) electrons. The van der Waals surface area contributed by atoms with Crippen molar-refractivity contribution in [2.75, 3.05) is 33.1 Å². The van der Waals surface area contributed by atoms with E-state index in [1.807, 2.05) is 0 Å². The van der Waals surface area contributed by atoms with Crippen molar-refractivity contribution in [3.05, 3.63) is 0 Å². The Morgan fingerprint density at radius 2 is 2.00 bits per heavy atom. The number of hydrogen-bond donors (Lipinski definition) is 3. The number of nitrogens with one attached hydrogen (secondary N) is 2. The molecule has 1 amide bonds. The lowest BCUT2D eigenvalue weighted by Gasteiger charge is -2.11. The van der Waals surface area contributed by atoms with Crippen LogP contribution in [0.5, 0.6) is 0 Å². The van der Waals surface area contributed by atoms with Gasteiger partial charge in [0.2, 0.25) is 15.9 Å². The molecule has 0 saturated heterocycles. The van der Waals surface area contributed by atoms with E-state index in [0.29, 0.717) is 32.5 Å². The van der Waals surface area contributed by atoms with Crippen molar-refractivity contribution in [2.24, 2.45) is 5.73 Å². The summed E-state index contributed by atoms with van der Waals surface area (Å²) >= 11 is 0. The highest BCUT2D eigenvalue weighted by Gasteiger charge is 2.11. The third-order valence-electron chi connectivity index (χ3n) is 2.22. The predicted octanol–water partition coefficient (Wildman–Crippen LogP) is -1.20. The van der Waals surface area contributed by atoms with Crippen LogP contribution in [-0.2, 0) is 19.6 Å². The van der Waals surface area contributed by atoms with Gasteiger partial charge >= 0.3 is 0 Å². The lowest BCUT2D eigenvalue weighted by atomic mass is 10.1. The molecule has 0 aliphatic carbocycles. The zero-order valence-electron chi connectivity index (χ0n) is 10.9. The van der Waals surface area contributed by atoms with Gasteiger partial charge < -0.3 is 15.8 Å². The van der Waals surface area contributed by atoms with E-state index >= 15 is 0 Å². The van der Waals surface area contributed by atoms with Gasteiger partial charge in [0.1, 0.15) is 0 Å². The van der Waals surface area contributed by atoms with E-state index in [-0.39, 0.29) is 5.91 Å². The largest absolute Gasteiger partial charge is 0.385 e. The van der Waals surface area contributed by atoms with Crippen LogP contribution in [0.2, 0.25) is 0 Å². The van der Waals surface area contributed by atoms with E-state index in [1.54, 1.807) is 7.11 Å². The van der Waals surface area contributed by atoms with E-state index in [0.717, 1.165) is 12.7 Å². The highest BCUT2D eigenvalue weighted by molar-refractivity contribution is 7.88. The van der Waals surface area contributed by atoms with E-state index in [1.165, 1.54) is 0 Å². The fourth-order valence-corrected chi connectivity index (χ4v) is 1.78. The van der Waals surface area contributed by atoms with Crippen LogP contribution < -0.4 is 15.8 Å². The van der Waals surface area contributed by atoms with Gasteiger partial charge in [-0.1, -0.05) is 0 Å². The third kappa shape index (κ3) is 10.5. The maximum atomic E-state index is 11.5. The summed E-state index contributed by atoms with van der Waals surface area (Å²) in [5.41, 5.74) is 5.66. The Labute approximate surface area is 108 Å². The second-order valence-electron chi connectivity index (χ2n) is 4.05. The molecule has 0 aromatic heterocycles. The summed E-state index contributed by atoms with van der Waals surface area (Å²) in [6.07, 6.45) is 2.93. The van der Waals surface area contributed by atoms with Crippen LogP contribution >= 0.6 is 0 Å². The van der Waals surface area contributed by atoms with Gasteiger partial charge in [0.05, 0.1) is 12.3 Å². The summed E-state index contributed by atoms with van der Waals surface area (Å²) in [6.45, 7) is 1.29. The summed E-state index contributed by atoms with van der Waals surface area (Å²) < 4.78 is 28.7. The van der Waals surface area contributed by atoms with Gasteiger partial charge in [-0.05, 0) is 19.3 Å². The summed E-state index contributed by atoms with van der Waals surface area (Å²) in [7, 11) is -1.56. The first kappa shape index (κ1) is 17.3. The highest BCUT2D eigenvalue weighted by atomic mass is 32.2. The van der Waals surface area contributed by atoms with E-state index in [4.69, 9.17) is 10.5 Å². The van der Waals surface area contributed by atoms with Gasteiger partial charge in [-0.3, -0.25) is 4.79 Å². The Hall–Kier alpha value is -0.700. The Kier molecular flexibility index (Phi) is 8.90. The zero-order valence-corrected chi connectivity index (χ0v) is 11.8. The summed E-state index contributed by atoms with van der Waals surface area (Å²) in [6, 6.07) is -0.539. The number of methoxy groups -OCH3 is 1. The second kappa shape index (κ2) is 9.26. The van der Waals surface area contributed by atoms with Gasteiger partial charge in [-0.2, -0.15) is 0 Å². The van der Waals surface area contributed by atoms with Crippen molar-refractivity contribution in [1.82, 2.24) is 10.0 Å². The molecule has 8 heteroatoms. The average Bonchev–Trinajstić information content (AvgIpc) is 2.27. The van der Waals surface area contributed by atoms with Crippen molar-refractivity contribution in [3.63, 3.8) is 0 Å². The molecule has 7 nitrogen and oxygen atoms in total. The monoisotopic (exact) mass is 281 g/mol. The Morgan fingerprint density at radius 1 is 1.33 bits per heavy atom. The molecule has 18 heavy (non-hydrogen) atoms. The lowest BCUT2D eigenvalue weighted by molar-refractivity contribution is -0.122. The standard InChI is InChI=1S/C10H23N3O4S/c1-17-8-3-5-9(11)10(14)12-6-4-7-13-18(2,15)16/h9,13H,3-8,11H2,1-2H3,(H,12,14). The van der Waals surface area contributed by atoms with Crippen LogP contribution in [-0.4, -0.2) is 53.4 Å². The van der Waals surface area contributed by atoms with Crippen LogP contribution in [0, 0.1) is 0 Å². The molecule has 1 atom stereocenters. The van der Waals surface area contributed by atoms with Gasteiger partial charge in [-0.25, -0.2) is 13.1 Å². The second-order valence-corrected chi connectivity index (χ2v) is 5.89. The number of carbonyl (C=O) groups is 1. The molecule has 0 aliphatic heterocycles. The van der Waals surface area contributed by atoms with Crippen LogP contribution in [0.1, 0.15) is 19.3 Å². The Balaban J connectivity index is 3.58. The molecule has 0 aromatic carbocycles. The highest BCUT2D eigenvalue weighted by Crippen LogP contribution is 1.94. The SMILES string of the molecule is COCCCC(N)C(=O)NCCCNS(C)(=O)=O. The molecule has 1 unspecified atom stereocenters. The minimum Gasteiger partial charge on any atom is -0.385 e. The maximum absolute atomic E-state index is 11.5. The fraction of sp³-hybridized carbons (Fsp3) is 0.900. The molecule has 0 fully saturated rings. The molecule has 0 saturated carbocycles. The fourth-order valence-electron chi connectivity index (χ4n) is 1.27. The van der Waals surface area contributed by atoms with Gasteiger partial charge in [0.15, 0.2) is 0 Å². The summed E-state index contributed by atoms with van der Waals surface area (Å²) in [5.74, 6) is -0.217. The lowest BCUT2D eigenvalue weighted by Crippen LogP contribution is -2.41. The number of nitrogens with two attached hydrogens (primary N) is 1. The smallest absolute Gasteiger partial charge is 0.236 e. The Morgan fingerprint density at radius 3 is 2.56 bits per heavy atom. The van der Waals surface area contributed by atoms with Crippen LogP contribution in [0.4, 0.5) is 0 Å². The van der Waals surface area contributed by atoms with Crippen molar-refractivity contribution < 1.29 is 17.9 Å². The van der Waals surface area contributed by atoms with Gasteiger partial charge in [-0.15, -0.1) is 0 Å². The minimum atomic E-state index is -3.16. The molecule has 0 aromatic rings. The molecule has 108 valence electrons. The number of rotatable bonds is 10. The molecular formula is C10H23N3O4S. The van der Waals surface area contributed by atoms with Crippen LogP contribution in [0.3, 0.4) is 0 Å². The Bertz CT molecular complexity index is 332. The normalized spacial score (nSPS) is 13.3. The predicted molar refractivity (Wildman–Crippen MR) is 69.6 cm³/mol. The topological polar surface area (TPSA) is 111 Å². The maximum Gasteiger partial charge on any atom is 0.236 e. The number of sulfonamides is 1. The number of ether oxygens (including phenoxy) is 1. The van der Waals surface area contributed by atoms with E-state index in [2.05, 4.69) is 10.0 Å². The first-order chi connectivity index (χ1) is 8.37. The number of amides is 1.